The lowest BCUT2D eigenvalue weighted by molar-refractivity contribution is -0.142. The summed E-state index contributed by atoms with van der Waals surface area (Å²) in [6, 6.07) is 7.03. The average Bonchev–Trinajstić information content (AvgIpc) is 3.22. The molecule has 2 aromatic rings. The number of amides is 2. The molecule has 1 aromatic heterocycles. The largest absolute Gasteiger partial charge is 0.482 e. The van der Waals surface area contributed by atoms with E-state index in [9.17, 15) is 14.4 Å². The number of nitrogens with two attached hydrogens (primary N) is 1. The van der Waals surface area contributed by atoms with Crippen LogP contribution in [0.3, 0.4) is 0 Å². The standard InChI is InChI=1S/C23H30N4O6/c1-23(2,3)33-22(30)27-11-9-15(10-12-27)19-18(25-21(26-19)20(24)29)14-5-7-16(8-6-14)32-13-17(28)31-4/h5-8,15H,9-13H2,1-4H3,(H2,24,29)(H,25,26). The highest BCUT2D eigenvalue weighted by Crippen LogP contribution is 2.35. The van der Waals surface area contributed by atoms with Crippen molar-refractivity contribution in [1.29, 1.82) is 0 Å². The molecule has 2 heterocycles. The van der Waals surface area contributed by atoms with Gasteiger partial charge in [0.1, 0.15) is 11.4 Å². The molecule has 2 amide bonds. The molecule has 33 heavy (non-hydrogen) atoms. The van der Waals surface area contributed by atoms with Gasteiger partial charge in [-0.2, -0.15) is 0 Å². The van der Waals surface area contributed by atoms with Crippen molar-refractivity contribution in [2.45, 2.75) is 45.1 Å². The van der Waals surface area contributed by atoms with Gasteiger partial charge in [0.2, 0.25) is 0 Å². The molecule has 1 aliphatic heterocycles. The van der Waals surface area contributed by atoms with Crippen LogP contribution in [0.25, 0.3) is 11.3 Å². The predicted octanol–water partition coefficient (Wildman–Crippen LogP) is 2.84. The van der Waals surface area contributed by atoms with Crippen molar-refractivity contribution < 1.29 is 28.6 Å². The van der Waals surface area contributed by atoms with Crippen LogP contribution in [-0.2, 0) is 14.3 Å². The van der Waals surface area contributed by atoms with Crippen LogP contribution in [0.1, 0.15) is 55.8 Å². The van der Waals surface area contributed by atoms with Crippen molar-refractivity contribution in [3.05, 3.63) is 35.8 Å². The van der Waals surface area contributed by atoms with Crippen LogP contribution >= 0.6 is 0 Å². The molecule has 0 unspecified atom stereocenters. The Morgan fingerprint density at radius 3 is 2.33 bits per heavy atom. The first-order chi connectivity index (χ1) is 15.6. The smallest absolute Gasteiger partial charge is 0.410 e. The van der Waals surface area contributed by atoms with Crippen molar-refractivity contribution in [1.82, 2.24) is 14.9 Å². The van der Waals surface area contributed by atoms with Crippen molar-refractivity contribution in [3.63, 3.8) is 0 Å². The summed E-state index contributed by atoms with van der Waals surface area (Å²) in [5.41, 5.74) is 7.11. The third kappa shape index (κ3) is 6.24. The van der Waals surface area contributed by atoms with E-state index in [0.717, 1.165) is 11.3 Å². The number of H-pyrrole nitrogens is 1. The zero-order valence-corrected chi connectivity index (χ0v) is 19.3. The predicted molar refractivity (Wildman–Crippen MR) is 120 cm³/mol. The van der Waals surface area contributed by atoms with Gasteiger partial charge in [-0.3, -0.25) is 4.79 Å². The monoisotopic (exact) mass is 458 g/mol. The van der Waals surface area contributed by atoms with Crippen molar-refractivity contribution in [3.8, 4) is 17.0 Å². The number of methoxy groups -OCH3 is 1. The van der Waals surface area contributed by atoms with Crippen LogP contribution in [0.5, 0.6) is 5.75 Å². The number of imidazole rings is 1. The van der Waals surface area contributed by atoms with E-state index in [2.05, 4.69) is 14.7 Å². The summed E-state index contributed by atoms with van der Waals surface area (Å²) in [7, 11) is 1.29. The molecule has 1 fully saturated rings. The second-order valence-corrected chi connectivity index (χ2v) is 8.84. The number of carbonyl (C=O) groups excluding carboxylic acids is 3. The van der Waals surface area contributed by atoms with Crippen molar-refractivity contribution in [2.75, 3.05) is 26.8 Å². The molecular formula is C23H30N4O6. The molecule has 10 heteroatoms. The molecule has 3 rings (SSSR count). The summed E-state index contributed by atoms with van der Waals surface area (Å²) < 4.78 is 15.4. The minimum Gasteiger partial charge on any atom is -0.482 e. The highest BCUT2D eigenvalue weighted by molar-refractivity contribution is 5.90. The van der Waals surface area contributed by atoms with E-state index in [-0.39, 0.29) is 24.4 Å². The topological polar surface area (TPSA) is 137 Å². The number of nitrogens with zero attached hydrogens (tertiary/aromatic N) is 2. The zero-order chi connectivity index (χ0) is 24.2. The van der Waals surface area contributed by atoms with Crippen LogP contribution in [-0.4, -0.2) is 65.2 Å². The van der Waals surface area contributed by atoms with E-state index in [1.54, 1.807) is 29.2 Å². The average molecular weight is 459 g/mol. The van der Waals surface area contributed by atoms with Gasteiger partial charge in [0.25, 0.3) is 5.91 Å². The first-order valence-corrected chi connectivity index (χ1v) is 10.7. The van der Waals surface area contributed by atoms with Gasteiger partial charge in [0.05, 0.1) is 12.8 Å². The summed E-state index contributed by atoms with van der Waals surface area (Å²) in [5.74, 6) is -0.471. The fourth-order valence-electron chi connectivity index (χ4n) is 3.61. The number of benzene rings is 1. The van der Waals surface area contributed by atoms with E-state index in [0.29, 0.717) is 37.4 Å². The molecule has 3 N–H and O–H groups in total. The van der Waals surface area contributed by atoms with Crippen molar-refractivity contribution >= 4 is 18.0 Å². The molecule has 1 saturated heterocycles. The second kappa shape index (κ2) is 9.93. The third-order valence-corrected chi connectivity index (χ3v) is 5.23. The van der Waals surface area contributed by atoms with Gasteiger partial charge in [0.15, 0.2) is 12.4 Å². The third-order valence-electron chi connectivity index (χ3n) is 5.23. The number of rotatable bonds is 6. The number of likely N-dealkylation sites (tertiary alicyclic amines) is 1. The van der Waals surface area contributed by atoms with E-state index >= 15 is 0 Å². The Labute approximate surface area is 192 Å². The van der Waals surface area contributed by atoms with Crippen LogP contribution in [0, 0.1) is 0 Å². The maximum atomic E-state index is 12.4. The van der Waals surface area contributed by atoms with Crippen LogP contribution in [0.2, 0.25) is 0 Å². The number of carbonyl (C=O) groups is 3. The van der Waals surface area contributed by atoms with E-state index in [1.807, 2.05) is 20.8 Å². The fraction of sp³-hybridized carbons (Fsp3) is 0.478. The number of aromatic amines is 1. The van der Waals surface area contributed by atoms with Gasteiger partial charge in [-0.25, -0.2) is 14.6 Å². The molecule has 178 valence electrons. The number of hydrogen-bond donors (Lipinski definition) is 2. The van der Waals surface area contributed by atoms with Crippen LogP contribution in [0.4, 0.5) is 4.79 Å². The molecule has 0 spiro atoms. The number of nitrogens with one attached hydrogen (secondary N) is 1. The first kappa shape index (κ1) is 24.1. The molecule has 1 aromatic carbocycles. The summed E-state index contributed by atoms with van der Waals surface area (Å²) in [5, 5.41) is 0. The Kier molecular flexibility index (Phi) is 7.25. The Balaban J connectivity index is 1.75. The highest BCUT2D eigenvalue weighted by atomic mass is 16.6. The minimum atomic E-state index is -0.647. The summed E-state index contributed by atoms with van der Waals surface area (Å²) in [6.45, 7) is 6.39. The number of piperidine rings is 1. The Hall–Kier alpha value is -3.56. The van der Waals surface area contributed by atoms with Gasteiger partial charge < -0.3 is 29.8 Å². The van der Waals surface area contributed by atoms with Gasteiger partial charge in [0, 0.05) is 30.3 Å². The quantitative estimate of drug-likeness (QED) is 0.635. The zero-order valence-electron chi connectivity index (χ0n) is 19.3. The van der Waals surface area contributed by atoms with Gasteiger partial charge in [-0.1, -0.05) is 0 Å². The fourth-order valence-corrected chi connectivity index (χ4v) is 3.61. The molecule has 0 atom stereocenters. The summed E-state index contributed by atoms with van der Waals surface area (Å²) in [6.07, 6.45) is 1.05. The van der Waals surface area contributed by atoms with E-state index in [4.69, 9.17) is 15.2 Å². The molecule has 10 nitrogen and oxygen atoms in total. The lowest BCUT2D eigenvalue weighted by Gasteiger charge is -2.33. The maximum Gasteiger partial charge on any atom is 0.410 e. The van der Waals surface area contributed by atoms with Gasteiger partial charge in [-0.05, 0) is 57.9 Å². The van der Waals surface area contributed by atoms with E-state index < -0.39 is 17.5 Å². The Bertz CT molecular complexity index is 1000. The Morgan fingerprint density at radius 2 is 1.79 bits per heavy atom. The number of ether oxygens (including phenoxy) is 3. The van der Waals surface area contributed by atoms with Crippen molar-refractivity contribution in [2.24, 2.45) is 5.73 Å². The molecule has 0 aliphatic carbocycles. The summed E-state index contributed by atoms with van der Waals surface area (Å²) >= 11 is 0. The maximum absolute atomic E-state index is 12.4. The highest BCUT2D eigenvalue weighted by Gasteiger charge is 2.30. The molecule has 0 radical (unpaired) electrons. The van der Waals surface area contributed by atoms with Crippen LogP contribution in [0.15, 0.2) is 24.3 Å². The van der Waals surface area contributed by atoms with E-state index in [1.165, 1.54) is 7.11 Å². The second-order valence-electron chi connectivity index (χ2n) is 8.84. The molecule has 0 saturated carbocycles. The first-order valence-electron chi connectivity index (χ1n) is 10.7. The Morgan fingerprint density at radius 1 is 1.15 bits per heavy atom. The van der Waals surface area contributed by atoms with Crippen LogP contribution < -0.4 is 10.5 Å². The lowest BCUT2D eigenvalue weighted by Crippen LogP contribution is -2.41. The SMILES string of the molecule is COC(=O)COc1ccc(-c2nc(C(N)=O)[nH]c2C2CCN(C(=O)OC(C)(C)C)CC2)cc1. The normalized spacial score (nSPS) is 14.6. The number of hydrogen-bond acceptors (Lipinski definition) is 7. The minimum absolute atomic E-state index is 0.0644. The van der Waals surface area contributed by atoms with Gasteiger partial charge in [-0.15, -0.1) is 0 Å². The molecular weight excluding hydrogens is 428 g/mol. The van der Waals surface area contributed by atoms with Gasteiger partial charge >= 0.3 is 12.1 Å². The molecule has 1 aliphatic rings. The number of aromatic nitrogens is 2. The summed E-state index contributed by atoms with van der Waals surface area (Å²) in [4.78, 5) is 44.6. The lowest BCUT2D eigenvalue weighted by atomic mass is 9.91. The molecule has 0 bridgehead atoms. The number of primary amides is 1. The number of esters is 1.